The summed E-state index contributed by atoms with van der Waals surface area (Å²) in [5, 5.41) is 14.1. The van der Waals surface area contributed by atoms with Gasteiger partial charge in [0.25, 0.3) is 5.91 Å². The maximum atomic E-state index is 12.0. The van der Waals surface area contributed by atoms with Crippen LogP contribution in [0.25, 0.3) is 0 Å². The van der Waals surface area contributed by atoms with Gasteiger partial charge in [0.05, 0.1) is 20.6 Å². The number of rotatable bonds is 5. The topological polar surface area (TPSA) is 79.3 Å². The first-order valence-electron chi connectivity index (χ1n) is 5.89. The third-order valence-electron chi connectivity index (χ3n) is 2.59. The lowest BCUT2D eigenvalue weighted by molar-refractivity contribution is 0.0690. The number of benzene rings is 1. The van der Waals surface area contributed by atoms with Gasteiger partial charge in [-0.15, -0.1) is 11.3 Å². The number of nitrogens with zero attached hydrogens (tertiary/aromatic N) is 1. The predicted molar refractivity (Wildman–Crippen MR) is 81.6 cm³/mol. The Morgan fingerprint density at radius 2 is 1.95 bits per heavy atom. The van der Waals surface area contributed by atoms with E-state index >= 15 is 0 Å². The summed E-state index contributed by atoms with van der Waals surface area (Å²) in [7, 11) is 0. The molecule has 0 atom stereocenters. The summed E-state index contributed by atoms with van der Waals surface area (Å²) in [6, 6.07) is 4.83. The maximum absolute atomic E-state index is 12.0. The van der Waals surface area contributed by atoms with Crippen LogP contribution in [-0.2, 0) is 6.42 Å². The largest absolute Gasteiger partial charge is 0.476 e. The van der Waals surface area contributed by atoms with Gasteiger partial charge in [0.1, 0.15) is 0 Å². The van der Waals surface area contributed by atoms with Crippen molar-refractivity contribution in [2.75, 3.05) is 6.54 Å². The van der Waals surface area contributed by atoms with Crippen molar-refractivity contribution < 1.29 is 14.7 Å². The van der Waals surface area contributed by atoms with Gasteiger partial charge in [-0.3, -0.25) is 4.79 Å². The molecule has 1 heterocycles. The summed E-state index contributed by atoms with van der Waals surface area (Å²) in [5.74, 6) is -1.44. The molecule has 0 saturated heterocycles. The summed E-state index contributed by atoms with van der Waals surface area (Å²) in [6.07, 6.45) is 0.436. The molecule has 5 nitrogen and oxygen atoms in total. The van der Waals surface area contributed by atoms with Crippen LogP contribution in [0.3, 0.4) is 0 Å². The van der Waals surface area contributed by atoms with E-state index in [0.29, 0.717) is 18.0 Å². The number of aromatic nitrogens is 1. The van der Waals surface area contributed by atoms with E-state index in [-0.39, 0.29) is 27.2 Å². The van der Waals surface area contributed by atoms with Crippen molar-refractivity contribution in [3.8, 4) is 0 Å². The SMILES string of the molecule is O=C(O)c1csc(CCNC(=O)c2c(Cl)cccc2Cl)n1. The molecule has 0 radical (unpaired) electrons. The van der Waals surface area contributed by atoms with Gasteiger partial charge in [0, 0.05) is 18.3 Å². The van der Waals surface area contributed by atoms with E-state index in [2.05, 4.69) is 10.3 Å². The van der Waals surface area contributed by atoms with Crippen LogP contribution in [0.5, 0.6) is 0 Å². The molecule has 0 spiro atoms. The molecule has 2 rings (SSSR count). The Hall–Kier alpha value is -1.63. The summed E-state index contributed by atoms with van der Waals surface area (Å²) >= 11 is 13.1. The van der Waals surface area contributed by atoms with E-state index in [0.717, 1.165) is 0 Å². The average Bonchev–Trinajstić information content (AvgIpc) is 2.87. The highest BCUT2D eigenvalue weighted by atomic mass is 35.5. The van der Waals surface area contributed by atoms with Gasteiger partial charge < -0.3 is 10.4 Å². The lowest BCUT2D eigenvalue weighted by atomic mass is 10.2. The van der Waals surface area contributed by atoms with Crippen molar-refractivity contribution in [1.29, 1.82) is 0 Å². The van der Waals surface area contributed by atoms with E-state index in [4.69, 9.17) is 28.3 Å². The van der Waals surface area contributed by atoms with Gasteiger partial charge in [-0.2, -0.15) is 0 Å². The molecule has 8 heteroatoms. The number of carboxylic acids is 1. The molecule has 0 bridgehead atoms. The first kappa shape index (κ1) is 15.8. The zero-order valence-corrected chi connectivity index (χ0v) is 12.9. The smallest absolute Gasteiger partial charge is 0.355 e. The fourth-order valence-electron chi connectivity index (χ4n) is 1.61. The van der Waals surface area contributed by atoms with Gasteiger partial charge in [-0.05, 0) is 12.1 Å². The third kappa shape index (κ3) is 3.93. The van der Waals surface area contributed by atoms with Gasteiger partial charge >= 0.3 is 5.97 Å². The number of amides is 1. The normalized spacial score (nSPS) is 10.4. The Bertz CT molecular complexity index is 668. The van der Waals surface area contributed by atoms with Crippen molar-refractivity contribution in [1.82, 2.24) is 10.3 Å². The molecule has 2 aromatic rings. The van der Waals surface area contributed by atoms with Gasteiger partial charge in [-0.1, -0.05) is 29.3 Å². The summed E-state index contributed by atoms with van der Waals surface area (Å²) in [4.78, 5) is 26.6. The number of halogens is 2. The van der Waals surface area contributed by atoms with Crippen LogP contribution in [0.15, 0.2) is 23.6 Å². The highest BCUT2D eigenvalue weighted by Crippen LogP contribution is 2.23. The molecule has 1 aromatic heterocycles. The molecule has 0 aliphatic rings. The van der Waals surface area contributed by atoms with Crippen LogP contribution < -0.4 is 5.32 Å². The molecule has 0 fully saturated rings. The molecule has 110 valence electrons. The Morgan fingerprint density at radius 3 is 2.52 bits per heavy atom. The van der Waals surface area contributed by atoms with Crippen LogP contribution in [0.2, 0.25) is 10.0 Å². The number of nitrogens with one attached hydrogen (secondary N) is 1. The van der Waals surface area contributed by atoms with Crippen molar-refractivity contribution in [3.63, 3.8) is 0 Å². The predicted octanol–water partition coefficient (Wildman–Crippen LogP) is 3.12. The molecule has 1 amide bonds. The van der Waals surface area contributed by atoms with E-state index in [1.165, 1.54) is 16.7 Å². The van der Waals surface area contributed by atoms with Gasteiger partial charge in [0.15, 0.2) is 5.69 Å². The molecule has 0 aliphatic carbocycles. The van der Waals surface area contributed by atoms with Crippen molar-refractivity contribution in [2.45, 2.75) is 6.42 Å². The molecular weight excluding hydrogens is 335 g/mol. The van der Waals surface area contributed by atoms with Crippen LogP contribution in [0, 0.1) is 0 Å². The Labute approximate surface area is 134 Å². The number of carbonyl (C=O) groups is 2. The second-order valence-corrected chi connectivity index (χ2v) is 5.79. The van der Waals surface area contributed by atoms with Gasteiger partial charge in [0.2, 0.25) is 0 Å². The van der Waals surface area contributed by atoms with Crippen molar-refractivity contribution >= 4 is 46.4 Å². The summed E-state index contributed by atoms with van der Waals surface area (Å²) < 4.78 is 0. The van der Waals surface area contributed by atoms with Crippen LogP contribution in [0.4, 0.5) is 0 Å². The maximum Gasteiger partial charge on any atom is 0.355 e. The lowest BCUT2D eigenvalue weighted by Crippen LogP contribution is -2.26. The highest BCUT2D eigenvalue weighted by molar-refractivity contribution is 7.09. The monoisotopic (exact) mass is 344 g/mol. The van der Waals surface area contributed by atoms with E-state index in [9.17, 15) is 9.59 Å². The average molecular weight is 345 g/mol. The minimum atomic E-state index is -1.07. The van der Waals surface area contributed by atoms with E-state index in [1.807, 2.05) is 0 Å². The van der Waals surface area contributed by atoms with Crippen molar-refractivity contribution in [2.24, 2.45) is 0 Å². The van der Waals surface area contributed by atoms with Crippen LogP contribution in [-0.4, -0.2) is 28.5 Å². The first-order valence-corrected chi connectivity index (χ1v) is 7.52. The summed E-state index contributed by atoms with van der Waals surface area (Å²) in [6.45, 7) is 0.312. The lowest BCUT2D eigenvalue weighted by Gasteiger charge is -2.07. The fourth-order valence-corrected chi connectivity index (χ4v) is 2.95. The standard InChI is InChI=1S/C13H10Cl2N2O3S/c14-7-2-1-3-8(15)11(7)12(18)16-5-4-10-17-9(6-21-10)13(19)20/h1-3,6H,4-5H2,(H,16,18)(H,19,20). The molecule has 21 heavy (non-hydrogen) atoms. The molecule has 0 aliphatic heterocycles. The van der Waals surface area contributed by atoms with E-state index < -0.39 is 5.97 Å². The fraction of sp³-hybridized carbons (Fsp3) is 0.154. The Kier molecular flexibility index (Phi) is 5.17. The van der Waals surface area contributed by atoms with Crippen LogP contribution >= 0.6 is 34.5 Å². The highest BCUT2D eigenvalue weighted by Gasteiger charge is 2.14. The molecular formula is C13H10Cl2N2O3S. The second-order valence-electron chi connectivity index (χ2n) is 4.03. The van der Waals surface area contributed by atoms with E-state index in [1.54, 1.807) is 18.2 Å². The number of thiazole rings is 1. The molecule has 2 N–H and O–H groups in total. The minimum absolute atomic E-state index is 0.00970. The number of hydrogen-bond acceptors (Lipinski definition) is 4. The molecule has 0 unspecified atom stereocenters. The quantitative estimate of drug-likeness (QED) is 0.873. The number of carboxylic acid groups (broad SMARTS) is 1. The number of carbonyl (C=O) groups excluding carboxylic acids is 1. The zero-order valence-electron chi connectivity index (χ0n) is 10.6. The first-order chi connectivity index (χ1) is 9.99. The van der Waals surface area contributed by atoms with Crippen molar-refractivity contribution in [3.05, 3.63) is 49.9 Å². The number of hydrogen-bond donors (Lipinski definition) is 2. The Balaban J connectivity index is 1.94. The van der Waals surface area contributed by atoms with Crippen LogP contribution in [0.1, 0.15) is 25.9 Å². The molecule has 0 saturated carbocycles. The second kappa shape index (κ2) is 6.89. The zero-order chi connectivity index (χ0) is 15.4. The number of aromatic carboxylic acids is 1. The van der Waals surface area contributed by atoms with Gasteiger partial charge in [-0.25, -0.2) is 9.78 Å². The minimum Gasteiger partial charge on any atom is -0.476 e. The summed E-state index contributed by atoms with van der Waals surface area (Å²) in [5.41, 5.74) is 0.238. The molecule has 1 aromatic carbocycles. The third-order valence-corrected chi connectivity index (χ3v) is 4.12. The Morgan fingerprint density at radius 1 is 1.29 bits per heavy atom.